The molecule has 11 heteroatoms. The van der Waals surface area contributed by atoms with Crippen molar-refractivity contribution in [1.29, 1.82) is 0 Å². The molecular formula is C19H26N2O8S. The second kappa shape index (κ2) is 11.5. The number of hydrogen-bond donors (Lipinski definition) is 3. The van der Waals surface area contributed by atoms with Crippen molar-refractivity contribution in [3.05, 3.63) is 18.2 Å². The summed E-state index contributed by atoms with van der Waals surface area (Å²) in [6.45, 7) is 0.453. The van der Waals surface area contributed by atoms with Gasteiger partial charge in [-0.25, -0.2) is 9.00 Å². The molecule has 0 saturated carbocycles. The van der Waals surface area contributed by atoms with Crippen molar-refractivity contribution in [2.45, 2.75) is 62.7 Å². The van der Waals surface area contributed by atoms with Gasteiger partial charge in [0, 0.05) is 31.2 Å². The summed E-state index contributed by atoms with van der Waals surface area (Å²) in [6, 6.07) is 0.844. The van der Waals surface area contributed by atoms with Crippen molar-refractivity contribution in [2.75, 3.05) is 6.54 Å². The molecule has 10 nitrogen and oxygen atoms in total. The van der Waals surface area contributed by atoms with Gasteiger partial charge < -0.3 is 19.6 Å². The van der Waals surface area contributed by atoms with Crippen molar-refractivity contribution in [3.8, 4) is 11.8 Å². The van der Waals surface area contributed by atoms with Crippen molar-refractivity contribution < 1.29 is 38.2 Å². The summed E-state index contributed by atoms with van der Waals surface area (Å²) in [4.78, 5) is 40.2. The summed E-state index contributed by atoms with van der Waals surface area (Å²) >= 11 is -2.52. The van der Waals surface area contributed by atoms with Crippen LogP contribution in [0.1, 0.15) is 57.8 Å². The van der Waals surface area contributed by atoms with Gasteiger partial charge in [-0.05, 0) is 12.8 Å². The number of carbonyl (C=O) groups is 3. The molecule has 1 atom stereocenters. The molecule has 0 aliphatic carbocycles. The molecule has 0 aromatic carbocycles. The van der Waals surface area contributed by atoms with Gasteiger partial charge in [-0.1, -0.05) is 38.5 Å². The highest BCUT2D eigenvalue weighted by Crippen LogP contribution is 2.28. The molecule has 1 aromatic rings. The van der Waals surface area contributed by atoms with Gasteiger partial charge >= 0.3 is 5.97 Å². The van der Waals surface area contributed by atoms with E-state index in [9.17, 15) is 28.8 Å². The summed E-state index contributed by atoms with van der Waals surface area (Å²) in [7, 11) is 0. The zero-order valence-electron chi connectivity index (χ0n) is 16.5. The standard InChI is InChI=1S/C19H26N2O8S/c22-15-10-11-16(23)20(15)12-8-6-4-2-1-3-5-7-9-18(25)29-21-17(24)13-14(19(21)26)30(27)28/h10-11,13,24,26H,1-9,12H2,(H,27,28). The van der Waals surface area contributed by atoms with E-state index >= 15 is 0 Å². The van der Waals surface area contributed by atoms with E-state index in [-0.39, 0.29) is 18.2 Å². The van der Waals surface area contributed by atoms with Gasteiger partial charge in [0.1, 0.15) is 4.90 Å². The maximum absolute atomic E-state index is 11.8. The third-order valence-corrected chi connectivity index (χ3v) is 5.35. The van der Waals surface area contributed by atoms with Gasteiger partial charge in [0.25, 0.3) is 11.8 Å². The van der Waals surface area contributed by atoms with E-state index in [1.165, 1.54) is 17.1 Å². The first-order valence-electron chi connectivity index (χ1n) is 9.80. The van der Waals surface area contributed by atoms with Gasteiger partial charge in [0.05, 0.1) is 0 Å². The van der Waals surface area contributed by atoms with Crippen LogP contribution in [0.2, 0.25) is 0 Å². The molecule has 0 bridgehead atoms. The largest absolute Gasteiger partial charge is 0.492 e. The number of carbonyl (C=O) groups excluding carboxylic acids is 3. The molecule has 1 unspecified atom stereocenters. The lowest BCUT2D eigenvalue weighted by atomic mass is 10.1. The van der Waals surface area contributed by atoms with Crippen molar-refractivity contribution in [1.82, 2.24) is 9.63 Å². The lowest BCUT2D eigenvalue weighted by Crippen LogP contribution is -2.30. The SMILES string of the molecule is O=C(CCCCCCCCCCN1C(=O)C=CC1=O)On1c(O)cc(S(=O)O)c1O. The molecule has 3 N–H and O–H groups in total. The second-order valence-electron chi connectivity index (χ2n) is 6.94. The minimum Gasteiger partial charge on any atom is -0.492 e. The van der Waals surface area contributed by atoms with Crippen LogP contribution >= 0.6 is 0 Å². The highest BCUT2D eigenvalue weighted by Gasteiger charge is 2.22. The van der Waals surface area contributed by atoms with Crippen LogP contribution in [0.25, 0.3) is 0 Å². The maximum Gasteiger partial charge on any atom is 0.333 e. The Labute approximate surface area is 176 Å². The second-order valence-corrected chi connectivity index (χ2v) is 7.88. The average Bonchev–Trinajstić information content (AvgIpc) is 3.16. The predicted octanol–water partition coefficient (Wildman–Crippen LogP) is 1.87. The van der Waals surface area contributed by atoms with Crippen LogP contribution in [0.3, 0.4) is 0 Å². The van der Waals surface area contributed by atoms with Crippen molar-refractivity contribution >= 4 is 28.9 Å². The Morgan fingerprint density at radius 3 is 2.00 bits per heavy atom. The van der Waals surface area contributed by atoms with Crippen LogP contribution in [0.5, 0.6) is 11.8 Å². The zero-order chi connectivity index (χ0) is 22.1. The van der Waals surface area contributed by atoms with Crippen LogP contribution < -0.4 is 4.84 Å². The topological polar surface area (TPSA) is 146 Å². The molecule has 1 aliphatic heterocycles. The smallest absolute Gasteiger partial charge is 0.333 e. The van der Waals surface area contributed by atoms with E-state index in [0.717, 1.165) is 51.0 Å². The molecule has 0 fully saturated rings. The fourth-order valence-corrected chi connectivity index (χ4v) is 3.51. The average molecular weight is 442 g/mol. The Hall–Kier alpha value is -2.66. The lowest BCUT2D eigenvalue weighted by Gasteiger charge is -2.13. The summed E-state index contributed by atoms with van der Waals surface area (Å²) < 4.78 is 20.3. The summed E-state index contributed by atoms with van der Waals surface area (Å²) in [5.41, 5.74) is 0. The van der Waals surface area contributed by atoms with E-state index < -0.39 is 33.7 Å². The van der Waals surface area contributed by atoms with Crippen LogP contribution in [-0.4, -0.2) is 52.9 Å². The van der Waals surface area contributed by atoms with Gasteiger partial charge in [0.15, 0.2) is 11.1 Å². The quantitative estimate of drug-likeness (QED) is 0.238. The lowest BCUT2D eigenvalue weighted by molar-refractivity contribution is -0.145. The number of unbranched alkanes of at least 4 members (excludes halogenated alkanes) is 7. The van der Waals surface area contributed by atoms with Gasteiger partial charge in [-0.3, -0.25) is 14.5 Å². The Morgan fingerprint density at radius 2 is 1.47 bits per heavy atom. The molecular weight excluding hydrogens is 416 g/mol. The molecule has 0 saturated heterocycles. The number of aromatic nitrogens is 1. The van der Waals surface area contributed by atoms with Gasteiger partial charge in [-0.2, -0.15) is 0 Å². The van der Waals surface area contributed by atoms with E-state index in [2.05, 4.69) is 0 Å². The number of imide groups is 1. The molecule has 0 radical (unpaired) electrons. The predicted molar refractivity (Wildman–Crippen MR) is 106 cm³/mol. The highest BCUT2D eigenvalue weighted by molar-refractivity contribution is 7.79. The Balaban J connectivity index is 1.50. The molecule has 30 heavy (non-hydrogen) atoms. The Kier molecular flexibility index (Phi) is 9.06. The summed E-state index contributed by atoms with van der Waals surface area (Å²) in [5, 5.41) is 19.2. The van der Waals surface area contributed by atoms with E-state index in [1.807, 2.05) is 0 Å². The third-order valence-electron chi connectivity index (χ3n) is 4.68. The number of nitrogens with zero attached hydrogens (tertiary/aromatic N) is 2. The summed E-state index contributed by atoms with van der Waals surface area (Å²) in [5.74, 6) is -2.61. The molecule has 1 aromatic heterocycles. The summed E-state index contributed by atoms with van der Waals surface area (Å²) in [6.07, 6.45) is 9.75. The van der Waals surface area contributed by atoms with Crippen LogP contribution in [0, 0.1) is 0 Å². The van der Waals surface area contributed by atoms with Crippen LogP contribution in [-0.2, 0) is 25.5 Å². The first kappa shape index (κ1) is 23.6. The minimum absolute atomic E-state index is 0.0839. The van der Waals surface area contributed by atoms with E-state index in [0.29, 0.717) is 17.7 Å². The number of rotatable bonds is 13. The Morgan fingerprint density at radius 1 is 0.933 bits per heavy atom. The first-order valence-corrected chi connectivity index (χ1v) is 10.9. The molecule has 1 aliphatic rings. The monoisotopic (exact) mass is 442 g/mol. The molecule has 2 rings (SSSR count). The Bertz CT molecular complexity index is 815. The van der Waals surface area contributed by atoms with Crippen LogP contribution in [0.15, 0.2) is 23.1 Å². The normalized spacial score (nSPS) is 14.5. The van der Waals surface area contributed by atoms with E-state index in [1.54, 1.807) is 0 Å². The van der Waals surface area contributed by atoms with Gasteiger partial charge in [0.2, 0.25) is 11.8 Å². The molecule has 0 spiro atoms. The zero-order valence-corrected chi connectivity index (χ0v) is 17.3. The van der Waals surface area contributed by atoms with Crippen molar-refractivity contribution in [2.24, 2.45) is 0 Å². The number of aromatic hydroxyl groups is 2. The first-order chi connectivity index (χ1) is 14.3. The third kappa shape index (κ3) is 6.70. The van der Waals surface area contributed by atoms with E-state index in [4.69, 9.17) is 9.39 Å². The minimum atomic E-state index is -2.52. The fourth-order valence-electron chi connectivity index (χ4n) is 3.07. The number of amides is 2. The fraction of sp³-hybridized carbons (Fsp3) is 0.526. The van der Waals surface area contributed by atoms with Gasteiger partial charge in [-0.15, -0.1) is 4.73 Å². The molecule has 2 amide bonds. The molecule has 2 heterocycles. The number of hydrogen-bond acceptors (Lipinski definition) is 7. The maximum atomic E-state index is 11.8. The van der Waals surface area contributed by atoms with Crippen molar-refractivity contribution in [3.63, 3.8) is 0 Å². The van der Waals surface area contributed by atoms with Crippen LogP contribution in [0.4, 0.5) is 0 Å². The highest BCUT2D eigenvalue weighted by atomic mass is 32.2. The molecule has 166 valence electrons.